The van der Waals surface area contributed by atoms with Crippen molar-refractivity contribution in [3.05, 3.63) is 52.1 Å². The fourth-order valence-electron chi connectivity index (χ4n) is 4.27. The first-order chi connectivity index (χ1) is 14.4. The van der Waals surface area contributed by atoms with Gasteiger partial charge in [-0.15, -0.1) is 0 Å². The van der Waals surface area contributed by atoms with Crippen molar-refractivity contribution in [1.29, 1.82) is 0 Å². The Kier molecular flexibility index (Phi) is 5.47. The van der Waals surface area contributed by atoms with E-state index in [1.165, 1.54) is 17.7 Å². The molecule has 0 saturated heterocycles. The number of carbonyl (C=O) groups is 2. The molecule has 2 heterocycles. The highest BCUT2D eigenvalue weighted by Crippen LogP contribution is 2.36. The molecule has 7 heteroatoms. The molecule has 1 aromatic carbocycles. The Morgan fingerprint density at radius 2 is 2.20 bits per heavy atom. The maximum atomic E-state index is 13.7. The normalized spacial score (nSPS) is 19.9. The predicted molar refractivity (Wildman–Crippen MR) is 115 cm³/mol. The maximum Gasteiger partial charge on any atom is 0.256 e. The van der Waals surface area contributed by atoms with Crippen molar-refractivity contribution in [1.82, 2.24) is 15.6 Å². The number of amides is 2. The lowest BCUT2D eigenvalue weighted by atomic mass is 9.86. The standard InChI is InChI=1S/C23H27FN4O2/c1-12-16-6-4-14(11-26-22(29)13(2)25-3)8-21(16)27-20(12)10-18-17-9-15(24)5-7-19(17)28-23(18)30/h5,7,9-10,13-14,25,27H,4,6,8,11H2,1-3H3,(H,26,29)(H,28,30). The molecule has 0 spiro atoms. The van der Waals surface area contributed by atoms with Gasteiger partial charge in [0.2, 0.25) is 5.91 Å². The summed E-state index contributed by atoms with van der Waals surface area (Å²) in [5.74, 6) is -0.207. The van der Waals surface area contributed by atoms with Gasteiger partial charge in [-0.05, 0) is 81.5 Å². The molecule has 4 N–H and O–H groups in total. The lowest BCUT2D eigenvalue weighted by Gasteiger charge is -2.23. The number of hydrogen-bond donors (Lipinski definition) is 4. The number of carbonyl (C=O) groups excluding carboxylic acids is 2. The molecular weight excluding hydrogens is 383 g/mol. The third-order valence-electron chi connectivity index (χ3n) is 6.25. The van der Waals surface area contributed by atoms with E-state index in [0.29, 0.717) is 29.3 Å². The Morgan fingerprint density at radius 3 is 2.97 bits per heavy atom. The number of aromatic amines is 1. The molecule has 2 atom stereocenters. The number of aromatic nitrogens is 1. The van der Waals surface area contributed by atoms with Gasteiger partial charge in [0.25, 0.3) is 5.91 Å². The molecule has 0 bridgehead atoms. The molecule has 1 aliphatic carbocycles. The summed E-state index contributed by atoms with van der Waals surface area (Å²) in [5.41, 5.74) is 6.14. The Morgan fingerprint density at radius 1 is 1.40 bits per heavy atom. The largest absolute Gasteiger partial charge is 0.358 e. The third-order valence-corrected chi connectivity index (χ3v) is 6.25. The van der Waals surface area contributed by atoms with Crippen LogP contribution in [0.25, 0.3) is 11.6 Å². The van der Waals surface area contributed by atoms with E-state index in [4.69, 9.17) is 0 Å². The van der Waals surface area contributed by atoms with Crippen LogP contribution < -0.4 is 16.0 Å². The van der Waals surface area contributed by atoms with Crippen molar-refractivity contribution in [2.24, 2.45) is 5.92 Å². The average molecular weight is 410 g/mol. The van der Waals surface area contributed by atoms with Crippen LogP contribution in [-0.2, 0) is 22.4 Å². The van der Waals surface area contributed by atoms with E-state index in [2.05, 4.69) is 27.9 Å². The van der Waals surface area contributed by atoms with Crippen LogP contribution in [0.15, 0.2) is 18.2 Å². The van der Waals surface area contributed by atoms with E-state index in [1.54, 1.807) is 13.1 Å². The second kappa shape index (κ2) is 8.07. The van der Waals surface area contributed by atoms with Crippen molar-refractivity contribution in [3.63, 3.8) is 0 Å². The molecule has 2 aromatic rings. The summed E-state index contributed by atoms with van der Waals surface area (Å²) < 4.78 is 13.7. The number of benzene rings is 1. The zero-order valence-electron chi connectivity index (χ0n) is 17.5. The Balaban J connectivity index is 1.53. The van der Waals surface area contributed by atoms with E-state index < -0.39 is 0 Å². The SMILES string of the molecule is CNC(C)C(=O)NCC1CCc2c([nH]c(C=C3C(=O)Nc4ccc(F)cc43)c2C)C1. The number of H-pyrrole nitrogens is 1. The highest BCUT2D eigenvalue weighted by molar-refractivity contribution is 6.34. The molecule has 2 amide bonds. The van der Waals surface area contributed by atoms with Gasteiger partial charge in [-0.3, -0.25) is 9.59 Å². The molecule has 2 unspecified atom stereocenters. The topological polar surface area (TPSA) is 86.0 Å². The van der Waals surface area contributed by atoms with Crippen molar-refractivity contribution >= 4 is 29.2 Å². The summed E-state index contributed by atoms with van der Waals surface area (Å²) in [7, 11) is 1.77. The smallest absolute Gasteiger partial charge is 0.256 e. The fourth-order valence-corrected chi connectivity index (χ4v) is 4.27. The third kappa shape index (κ3) is 3.77. The number of rotatable bonds is 5. The van der Waals surface area contributed by atoms with Crippen LogP contribution in [0.3, 0.4) is 0 Å². The molecule has 1 aromatic heterocycles. The summed E-state index contributed by atoms with van der Waals surface area (Å²) in [4.78, 5) is 27.9. The van der Waals surface area contributed by atoms with Crippen LogP contribution >= 0.6 is 0 Å². The Hall–Kier alpha value is -2.93. The number of halogens is 1. The summed E-state index contributed by atoms with van der Waals surface area (Å²) in [6.45, 7) is 4.54. The van der Waals surface area contributed by atoms with Gasteiger partial charge >= 0.3 is 0 Å². The van der Waals surface area contributed by atoms with Crippen LogP contribution in [0.1, 0.15) is 41.4 Å². The van der Waals surface area contributed by atoms with Crippen molar-refractivity contribution in [2.75, 3.05) is 18.9 Å². The van der Waals surface area contributed by atoms with Gasteiger partial charge in [0.15, 0.2) is 0 Å². The summed E-state index contributed by atoms with van der Waals surface area (Å²) in [6, 6.07) is 4.11. The van der Waals surface area contributed by atoms with Gasteiger partial charge in [0.1, 0.15) is 5.82 Å². The molecule has 0 saturated carbocycles. The van der Waals surface area contributed by atoms with E-state index in [1.807, 2.05) is 13.0 Å². The number of likely N-dealkylation sites (N-methyl/N-ethyl adjacent to an activating group) is 1. The van der Waals surface area contributed by atoms with E-state index in [9.17, 15) is 14.0 Å². The van der Waals surface area contributed by atoms with Crippen LogP contribution in [0.5, 0.6) is 0 Å². The van der Waals surface area contributed by atoms with Gasteiger partial charge in [-0.25, -0.2) is 4.39 Å². The van der Waals surface area contributed by atoms with Crippen LogP contribution in [0.2, 0.25) is 0 Å². The molecule has 0 radical (unpaired) electrons. The van der Waals surface area contributed by atoms with E-state index in [0.717, 1.165) is 36.2 Å². The minimum absolute atomic E-state index is 0.00882. The molecular formula is C23H27FN4O2. The van der Waals surface area contributed by atoms with E-state index in [-0.39, 0.29) is 23.7 Å². The summed E-state index contributed by atoms with van der Waals surface area (Å²) >= 11 is 0. The fraction of sp³-hybridized carbons (Fsp3) is 0.391. The second-order valence-electron chi connectivity index (χ2n) is 8.19. The summed E-state index contributed by atoms with van der Waals surface area (Å²) in [6.07, 6.45) is 4.61. The van der Waals surface area contributed by atoms with Crippen LogP contribution in [0, 0.1) is 18.7 Å². The first-order valence-electron chi connectivity index (χ1n) is 10.4. The Labute approximate surface area is 175 Å². The van der Waals surface area contributed by atoms with Gasteiger partial charge < -0.3 is 20.9 Å². The lowest BCUT2D eigenvalue weighted by molar-refractivity contribution is -0.122. The molecule has 1 aliphatic heterocycles. The first kappa shape index (κ1) is 20.3. The molecule has 30 heavy (non-hydrogen) atoms. The zero-order chi connectivity index (χ0) is 21.4. The van der Waals surface area contributed by atoms with Gasteiger partial charge in [-0.2, -0.15) is 0 Å². The molecule has 2 aliphatic rings. The minimum atomic E-state index is -0.365. The van der Waals surface area contributed by atoms with Crippen molar-refractivity contribution < 1.29 is 14.0 Å². The monoisotopic (exact) mass is 410 g/mol. The van der Waals surface area contributed by atoms with Crippen LogP contribution in [0.4, 0.5) is 10.1 Å². The quantitative estimate of drug-likeness (QED) is 0.572. The predicted octanol–water partition coefficient (Wildman–Crippen LogP) is 2.78. The lowest BCUT2D eigenvalue weighted by Crippen LogP contribution is -2.42. The highest BCUT2D eigenvalue weighted by Gasteiger charge is 2.27. The van der Waals surface area contributed by atoms with Crippen LogP contribution in [-0.4, -0.2) is 36.4 Å². The highest BCUT2D eigenvalue weighted by atomic mass is 19.1. The number of nitrogens with one attached hydrogen (secondary N) is 4. The van der Waals surface area contributed by atoms with Gasteiger partial charge in [0.05, 0.1) is 11.6 Å². The van der Waals surface area contributed by atoms with Gasteiger partial charge in [0, 0.05) is 29.2 Å². The van der Waals surface area contributed by atoms with Crippen molar-refractivity contribution in [2.45, 2.75) is 39.2 Å². The molecule has 158 valence electrons. The van der Waals surface area contributed by atoms with E-state index >= 15 is 0 Å². The summed E-state index contributed by atoms with van der Waals surface area (Å²) in [5, 5.41) is 8.76. The van der Waals surface area contributed by atoms with Gasteiger partial charge in [-0.1, -0.05) is 0 Å². The molecule has 4 rings (SSSR count). The number of anilines is 1. The Bertz CT molecular complexity index is 1040. The molecule has 0 fully saturated rings. The van der Waals surface area contributed by atoms with Crippen molar-refractivity contribution in [3.8, 4) is 0 Å². The number of hydrogen-bond acceptors (Lipinski definition) is 3. The minimum Gasteiger partial charge on any atom is -0.358 e. The average Bonchev–Trinajstić information content (AvgIpc) is 3.21. The maximum absolute atomic E-state index is 13.7. The number of fused-ring (bicyclic) bond motifs is 2. The second-order valence-corrected chi connectivity index (χ2v) is 8.19. The zero-order valence-corrected chi connectivity index (χ0v) is 17.5. The first-order valence-corrected chi connectivity index (χ1v) is 10.4. The molecule has 6 nitrogen and oxygen atoms in total.